The molecule has 0 aliphatic heterocycles. The van der Waals surface area contributed by atoms with E-state index in [-0.39, 0.29) is 11.8 Å². The Kier molecular flexibility index (Phi) is 4.09. The van der Waals surface area contributed by atoms with Crippen LogP contribution in [0.15, 0.2) is 16.8 Å². The molecule has 0 aliphatic rings. The van der Waals surface area contributed by atoms with Crippen molar-refractivity contribution in [3.05, 3.63) is 33.6 Å². The second-order valence-electron chi connectivity index (χ2n) is 4.04. The third-order valence-electron chi connectivity index (χ3n) is 2.57. The van der Waals surface area contributed by atoms with Crippen LogP contribution in [0.5, 0.6) is 0 Å². The summed E-state index contributed by atoms with van der Waals surface area (Å²) in [5.41, 5.74) is 3.05. The molecule has 5 nitrogen and oxygen atoms in total. The molecule has 0 amide bonds. The topological polar surface area (TPSA) is 75.9 Å². The Hall–Kier alpha value is -1.87. The Morgan fingerprint density at radius 2 is 2.05 bits per heavy atom. The molecule has 0 unspecified atom stereocenters. The molecule has 0 aliphatic carbocycles. The Morgan fingerprint density at radius 1 is 1.30 bits per heavy atom. The normalized spacial score (nSPS) is 11.4. The molecule has 0 fully saturated rings. The van der Waals surface area contributed by atoms with Crippen molar-refractivity contribution in [1.82, 2.24) is 9.97 Å². The van der Waals surface area contributed by atoms with E-state index in [0.29, 0.717) is 6.54 Å². The lowest BCUT2D eigenvalue weighted by molar-refractivity contribution is -0.141. The first kappa shape index (κ1) is 14.5. The number of thiophene rings is 1. The minimum Gasteiger partial charge on any atom is -0.366 e. The molecule has 0 radical (unpaired) electrons. The smallest absolute Gasteiger partial charge is 0.366 e. The van der Waals surface area contributed by atoms with Gasteiger partial charge in [0.1, 0.15) is 5.82 Å². The van der Waals surface area contributed by atoms with Gasteiger partial charge in [-0.25, -0.2) is 10.8 Å². The second kappa shape index (κ2) is 5.63. The summed E-state index contributed by atoms with van der Waals surface area (Å²) in [6, 6.07) is 0.850. The number of aryl methyl sites for hydroxylation is 1. The number of halogens is 3. The largest absolute Gasteiger partial charge is 0.433 e. The number of nitrogens with one attached hydrogen (secondary N) is 2. The first-order valence-electron chi connectivity index (χ1n) is 5.58. The van der Waals surface area contributed by atoms with Gasteiger partial charge in [-0.05, 0) is 28.8 Å². The molecular formula is C11H12F3N5S. The van der Waals surface area contributed by atoms with E-state index >= 15 is 0 Å². The van der Waals surface area contributed by atoms with Gasteiger partial charge in [0.05, 0.1) is 0 Å². The van der Waals surface area contributed by atoms with E-state index in [1.807, 2.05) is 23.1 Å². The lowest BCUT2D eigenvalue weighted by Crippen LogP contribution is -2.16. The van der Waals surface area contributed by atoms with Crippen LogP contribution in [-0.2, 0) is 12.7 Å². The molecule has 2 heterocycles. The number of nitrogen functional groups attached to an aromatic ring is 1. The molecule has 0 saturated carbocycles. The number of anilines is 2. The van der Waals surface area contributed by atoms with Crippen molar-refractivity contribution in [3.63, 3.8) is 0 Å². The monoisotopic (exact) mass is 303 g/mol. The highest BCUT2D eigenvalue weighted by molar-refractivity contribution is 7.08. The van der Waals surface area contributed by atoms with Gasteiger partial charge < -0.3 is 5.32 Å². The Balaban J connectivity index is 2.21. The van der Waals surface area contributed by atoms with Crippen LogP contribution in [0.25, 0.3) is 0 Å². The van der Waals surface area contributed by atoms with E-state index in [1.165, 1.54) is 11.3 Å². The highest BCUT2D eigenvalue weighted by atomic mass is 32.1. The van der Waals surface area contributed by atoms with Gasteiger partial charge in [0, 0.05) is 12.6 Å². The number of aromatic nitrogens is 2. The van der Waals surface area contributed by atoms with E-state index in [1.54, 1.807) is 0 Å². The molecule has 4 N–H and O–H groups in total. The lowest BCUT2D eigenvalue weighted by atomic mass is 10.2. The molecule has 0 spiro atoms. The van der Waals surface area contributed by atoms with Gasteiger partial charge in [0.2, 0.25) is 5.95 Å². The fourth-order valence-corrected chi connectivity index (χ4v) is 2.36. The van der Waals surface area contributed by atoms with Crippen LogP contribution < -0.4 is 16.6 Å². The SMILES string of the molecule is Cc1cscc1CNc1cc(C(F)(F)F)nc(NN)n1. The maximum atomic E-state index is 12.7. The summed E-state index contributed by atoms with van der Waals surface area (Å²) < 4.78 is 38.0. The molecule has 20 heavy (non-hydrogen) atoms. The van der Waals surface area contributed by atoms with Crippen LogP contribution >= 0.6 is 11.3 Å². The molecule has 2 aromatic rings. The number of hydrogen-bond acceptors (Lipinski definition) is 6. The average Bonchev–Trinajstić information content (AvgIpc) is 2.80. The van der Waals surface area contributed by atoms with Gasteiger partial charge in [-0.15, -0.1) is 0 Å². The third kappa shape index (κ3) is 3.36. The number of hydrogen-bond donors (Lipinski definition) is 3. The van der Waals surface area contributed by atoms with Crippen molar-refractivity contribution < 1.29 is 13.2 Å². The predicted molar refractivity (Wildman–Crippen MR) is 71.2 cm³/mol. The summed E-state index contributed by atoms with van der Waals surface area (Å²) in [5, 5.41) is 6.73. The van der Waals surface area contributed by atoms with Crippen molar-refractivity contribution >= 4 is 23.1 Å². The molecule has 0 bridgehead atoms. The zero-order valence-corrected chi connectivity index (χ0v) is 11.3. The van der Waals surface area contributed by atoms with E-state index in [9.17, 15) is 13.2 Å². The number of alkyl halides is 3. The average molecular weight is 303 g/mol. The van der Waals surface area contributed by atoms with Crippen LogP contribution in [0.4, 0.5) is 24.9 Å². The standard InChI is InChI=1S/C11H12F3N5S/c1-6-4-20-5-7(6)3-16-9-2-8(11(12,13)14)17-10(18-9)19-15/h2,4-5H,3,15H2,1H3,(H2,16,17,18,19). The first-order valence-corrected chi connectivity index (χ1v) is 6.53. The molecule has 0 aromatic carbocycles. The molecule has 0 saturated heterocycles. The van der Waals surface area contributed by atoms with Crippen LogP contribution in [0.1, 0.15) is 16.8 Å². The zero-order valence-electron chi connectivity index (χ0n) is 10.5. The van der Waals surface area contributed by atoms with Crippen molar-refractivity contribution in [1.29, 1.82) is 0 Å². The summed E-state index contributed by atoms with van der Waals surface area (Å²) in [7, 11) is 0. The van der Waals surface area contributed by atoms with Gasteiger partial charge in [-0.2, -0.15) is 29.5 Å². The van der Waals surface area contributed by atoms with Crippen molar-refractivity contribution in [2.45, 2.75) is 19.6 Å². The molecular weight excluding hydrogens is 291 g/mol. The van der Waals surface area contributed by atoms with Gasteiger partial charge in [0.15, 0.2) is 5.69 Å². The maximum absolute atomic E-state index is 12.7. The first-order chi connectivity index (χ1) is 9.40. The quantitative estimate of drug-likeness (QED) is 0.598. The van der Waals surface area contributed by atoms with E-state index in [0.717, 1.165) is 17.2 Å². The van der Waals surface area contributed by atoms with Gasteiger partial charge in [-0.1, -0.05) is 0 Å². The van der Waals surface area contributed by atoms with Crippen LogP contribution in [0, 0.1) is 6.92 Å². The van der Waals surface area contributed by atoms with Crippen LogP contribution in [0.2, 0.25) is 0 Å². The number of nitrogens with zero attached hydrogens (tertiary/aromatic N) is 2. The third-order valence-corrected chi connectivity index (χ3v) is 3.48. The van der Waals surface area contributed by atoms with Crippen LogP contribution in [-0.4, -0.2) is 9.97 Å². The van der Waals surface area contributed by atoms with E-state index in [4.69, 9.17) is 5.84 Å². The number of nitrogens with two attached hydrogens (primary N) is 1. The van der Waals surface area contributed by atoms with Crippen molar-refractivity contribution in [2.75, 3.05) is 10.7 Å². The van der Waals surface area contributed by atoms with Gasteiger partial charge >= 0.3 is 6.18 Å². The minimum atomic E-state index is -4.55. The summed E-state index contributed by atoms with van der Waals surface area (Å²) in [4.78, 5) is 7.12. The van der Waals surface area contributed by atoms with E-state index in [2.05, 4.69) is 15.3 Å². The zero-order chi connectivity index (χ0) is 14.8. The number of hydrazine groups is 1. The fourth-order valence-electron chi connectivity index (χ4n) is 1.50. The summed E-state index contributed by atoms with van der Waals surface area (Å²) in [5.74, 6) is 4.85. The molecule has 108 valence electrons. The second-order valence-corrected chi connectivity index (χ2v) is 4.78. The Labute approximate surface area is 117 Å². The maximum Gasteiger partial charge on any atom is 0.433 e. The van der Waals surface area contributed by atoms with E-state index < -0.39 is 11.9 Å². The Morgan fingerprint density at radius 3 is 2.60 bits per heavy atom. The molecule has 2 rings (SSSR count). The van der Waals surface area contributed by atoms with Crippen molar-refractivity contribution in [3.8, 4) is 0 Å². The minimum absolute atomic E-state index is 0.0610. The predicted octanol–water partition coefficient (Wildman–Crippen LogP) is 2.76. The molecule has 9 heteroatoms. The number of rotatable bonds is 4. The van der Waals surface area contributed by atoms with Gasteiger partial charge in [-0.3, -0.25) is 5.43 Å². The van der Waals surface area contributed by atoms with Gasteiger partial charge in [0.25, 0.3) is 0 Å². The molecule has 0 atom stereocenters. The summed E-state index contributed by atoms with van der Waals surface area (Å²) in [6.45, 7) is 2.31. The van der Waals surface area contributed by atoms with Crippen molar-refractivity contribution in [2.24, 2.45) is 5.84 Å². The highest BCUT2D eigenvalue weighted by Crippen LogP contribution is 2.29. The summed E-state index contributed by atoms with van der Waals surface area (Å²) in [6.07, 6.45) is -4.55. The Bertz CT molecular complexity index is 596. The lowest BCUT2D eigenvalue weighted by Gasteiger charge is -2.11. The highest BCUT2D eigenvalue weighted by Gasteiger charge is 2.33. The molecule has 2 aromatic heterocycles. The summed E-state index contributed by atoms with van der Waals surface area (Å²) >= 11 is 1.53. The fraction of sp³-hybridized carbons (Fsp3) is 0.273. The van der Waals surface area contributed by atoms with Crippen LogP contribution in [0.3, 0.4) is 0 Å².